The summed E-state index contributed by atoms with van der Waals surface area (Å²) in [5.74, 6) is 1.30. The second-order valence-electron chi connectivity index (χ2n) is 1.83. The fourth-order valence-corrected chi connectivity index (χ4v) is 2.34. The average molecular weight is 172 g/mol. The van der Waals surface area contributed by atoms with Crippen LogP contribution in [-0.2, 0) is 4.79 Å². The Balaban J connectivity index is 2.39. The number of nitrogens with one attached hydrogen (secondary N) is 1. The quantitative estimate of drug-likeness (QED) is 0.639. The van der Waals surface area contributed by atoms with Crippen molar-refractivity contribution in [1.29, 1.82) is 0 Å². The summed E-state index contributed by atoms with van der Waals surface area (Å²) in [5.41, 5.74) is 1.74. The summed E-state index contributed by atoms with van der Waals surface area (Å²) >= 11 is 3.11. The number of fused-ring (bicyclic) bond motifs is 1. The van der Waals surface area contributed by atoms with Gasteiger partial charge in [0.25, 0.3) is 0 Å². The van der Waals surface area contributed by atoms with Crippen LogP contribution in [0.5, 0.6) is 0 Å². The number of carbonyl (C=O) groups is 1. The first kappa shape index (κ1) is 6.18. The van der Waals surface area contributed by atoms with Gasteiger partial charge in [-0.05, 0) is 0 Å². The molecule has 0 aliphatic carbocycles. The number of rotatable bonds is 0. The number of aromatic nitrogens is 1. The Bertz CT molecular complexity index is 270. The molecular formula is C5H4N2OS2. The maximum Gasteiger partial charge on any atom is 0.235 e. The lowest BCUT2D eigenvalue weighted by Crippen LogP contribution is -2.17. The molecule has 1 aliphatic heterocycles. The summed E-state index contributed by atoms with van der Waals surface area (Å²) in [6.07, 6.45) is 0. The summed E-state index contributed by atoms with van der Waals surface area (Å²) in [4.78, 5) is 14.7. The molecule has 3 nitrogen and oxygen atoms in total. The van der Waals surface area contributed by atoms with E-state index in [-0.39, 0.29) is 5.91 Å². The molecule has 0 saturated carbocycles. The van der Waals surface area contributed by atoms with Crippen LogP contribution in [0.15, 0.2) is 9.72 Å². The van der Waals surface area contributed by atoms with E-state index >= 15 is 0 Å². The molecule has 0 unspecified atom stereocenters. The van der Waals surface area contributed by atoms with E-state index in [1.807, 2.05) is 0 Å². The standard InChI is InChI=1S/C5H4N2OS2/c8-3-1-9-5-4(7-3)6-2-10-5/h2H,1H2,(H,7,8). The van der Waals surface area contributed by atoms with E-state index in [2.05, 4.69) is 10.3 Å². The van der Waals surface area contributed by atoms with Crippen LogP contribution in [0.25, 0.3) is 0 Å². The Morgan fingerprint density at radius 2 is 2.60 bits per heavy atom. The zero-order valence-electron chi connectivity index (χ0n) is 4.96. The Kier molecular flexibility index (Phi) is 1.39. The van der Waals surface area contributed by atoms with E-state index in [4.69, 9.17) is 0 Å². The van der Waals surface area contributed by atoms with Crippen molar-refractivity contribution in [2.75, 3.05) is 11.1 Å². The van der Waals surface area contributed by atoms with Crippen molar-refractivity contribution < 1.29 is 4.79 Å². The average Bonchev–Trinajstić information content (AvgIpc) is 2.33. The lowest BCUT2D eigenvalue weighted by atomic mass is 10.6. The molecule has 2 rings (SSSR count). The van der Waals surface area contributed by atoms with Gasteiger partial charge in [-0.1, -0.05) is 0 Å². The number of hydrogen-bond donors (Lipinski definition) is 1. The predicted octanol–water partition coefficient (Wildman–Crippen LogP) is 1.19. The maximum atomic E-state index is 10.8. The van der Waals surface area contributed by atoms with Gasteiger partial charge in [0.1, 0.15) is 4.21 Å². The van der Waals surface area contributed by atoms with Crippen LogP contribution in [0, 0.1) is 0 Å². The molecule has 0 aromatic carbocycles. The highest BCUT2D eigenvalue weighted by Crippen LogP contribution is 2.33. The molecule has 52 valence electrons. The molecule has 0 spiro atoms. The van der Waals surface area contributed by atoms with Crippen molar-refractivity contribution in [3.63, 3.8) is 0 Å². The van der Waals surface area contributed by atoms with Gasteiger partial charge in [-0.25, -0.2) is 4.98 Å². The second-order valence-corrected chi connectivity index (χ2v) is 3.92. The fraction of sp³-hybridized carbons (Fsp3) is 0.200. The smallest absolute Gasteiger partial charge is 0.235 e. The van der Waals surface area contributed by atoms with Crippen LogP contribution in [0.2, 0.25) is 0 Å². The van der Waals surface area contributed by atoms with Gasteiger partial charge in [-0.3, -0.25) is 4.79 Å². The van der Waals surface area contributed by atoms with Crippen molar-refractivity contribution in [3.8, 4) is 0 Å². The topological polar surface area (TPSA) is 42.0 Å². The zero-order valence-corrected chi connectivity index (χ0v) is 6.59. The first-order chi connectivity index (χ1) is 4.86. The van der Waals surface area contributed by atoms with Crippen LogP contribution in [0.4, 0.5) is 5.82 Å². The third-order valence-corrected chi connectivity index (χ3v) is 3.25. The maximum absolute atomic E-state index is 10.8. The van der Waals surface area contributed by atoms with Crippen molar-refractivity contribution in [1.82, 2.24) is 4.98 Å². The van der Waals surface area contributed by atoms with Gasteiger partial charge in [-0.15, -0.1) is 23.1 Å². The molecule has 0 saturated heterocycles. The number of hydrogen-bond acceptors (Lipinski definition) is 4. The number of nitrogens with zero attached hydrogens (tertiary/aromatic N) is 1. The number of carbonyl (C=O) groups excluding carboxylic acids is 1. The van der Waals surface area contributed by atoms with Gasteiger partial charge in [0.2, 0.25) is 5.91 Å². The van der Waals surface area contributed by atoms with Crippen molar-refractivity contribution in [3.05, 3.63) is 5.51 Å². The van der Waals surface area contributed by atoms with Crippen LogP contribution >= 0.6 is 23.1 Å². The first-order valence-corrected chi connectivity index (χ1v) is 4.59. The Morgan fingerprint density at radius 3 is 3.50 bits per heavy atom. The minimum atomic E-state index is 0.0448. The summed E-state index contributed by atoms with van der Waals surface area (Å²) < 4.78 is 1.11. The summed E-state index contributed by atoms with van der Waals surface area (Å²) in [5, 5.41) is 2.68. The molecule has 2 heterocycles. The molecule has 10 heavy (non-hydrogen) atoms. The molecular weight excluding hydrogens is 168 g/mol. The third-order valence-electron chi connectivity index (χ3n) is 1.13. The highest BCUT2D eigenvalue weighted by Gasteiger charge is 2.16. The van der Waals surface area contributed by atoms with E-state index in [1.165, 1.54) is 0 Å². The van der Waals surface area contributed by atoms with Gasteiger partial charge >= 0.3 is 0 Å². The molecule has 1 aliphatic rings. The van der Waals surface area contributed by atoms with Crippen LogP contribution in [-0.4, -0.2) is 16.6 Å². The molecule has 1 amide bonds. The highest BCUT2D eigenvalue weighted by atomic mass is 32.2. The number of amides is 1. The number of thioether (sulfide) groups is 1. The van der Waals surface area contributed by atoms with Gasteiger partial charge in [0.05, 0.1) is 11.3 Å². The third kappa shape index (κ3) is 0.911. The van der Waals surface area contributed by atoms with E-state index in [9.17, 15) is 4.79 Å². The molecule has 1 aromatic rings. The minimum Gasteiger partial charge on any atom is -0.308 e. The number of thiazole rings is 1. The van der Waals surface area contributed by atoms with Crippen molar-refractivity contribution in [2.45, 2.75) is 4.21 Å². The first-order valence-electron chi connectivity index (χ1n) is 2.72. The lowest BCUT2D eigenvalue weighted by Gasteiger charge is -2.08. The van der Waals surface area contributed by atoms with Crippen LogP contribution in [0.1, 0.15) is 0 Å². The monoisotopic (exact) mass is 172 g/mol. The van der Waals surface area contributed by atoms with Crippen molar-refractivity contribution >= 4 is 34.8 Å². The SMILES string of the molecule is O=C1CSc2scnc2N1. The second kappa shape index (κ2) is 2.25. The largest absolute Gasteiger partial charge is 0.308 e. The minimum absolute atomic E-state index is 0.0448. The summed E-state index contributed by atoms with van der Waals surface area (Å²) in [7, 11) is 0. The van der Waals surface area contributed by atoms with E-state index in [0.29, 0.717) is 5.75 Å². The van der Waals surface area contributed by atoms with Gasteiger partial charge < -0.3 is 5.32 Å². The van der Waals surface area contributed by atoms with Crippen LogP contribution < -0.4 is 5.32 Å². The van der Waals surface area contributed by atoms with E-state index in [1.54, 1.807) is 28.6 Å². The predicted molar refractivity (Wildman–Crippen MR) is 41.5 cm³/mol. The van der Waals surface area contributed by atoms with Gasteiger partial charge in [0.15, 0.2) is 5.82 Å². The molecule has 0 atom stereocenters. The van der Waals surface area contributed by atoms with E-state index < -0.39 is 0 Å². The lowest BCUT2D eigenvalue weighted by molar-refractivity contribution is -0.113. The van der Waals surface area contributed by atoms with Gasteiger partial charge in [0, 0.05) is 0 Å². The van der Waals surface area contributed by atoms with Gasteiger partial charge in [-0.2, -0.15) is 0 Å². The molecule has 5 heteroatoms. The Labute approximate surface area is 65.8 Å². The Hall–Kier alpha value is -0.550. The molecule has 1 aromatic heterocycles. The molecule has 0 radical (unpaired) electrons. The normalized spacial score (nSPS) is 16.2. The zero-order chi connectivity index (χ0) is 6.97. The summed E-state index contributed by atoms with van der Waals surface area (Å²) in [6, 6.07) is 0. The number of anilines is 1. The van der Waals surface area contributed by atoms with Crippen LogP contribution in [0.3, 0.4) is 0 Å². The molecule has 1 N–H and O–H groups in total. The molecule has 0 bridgehead atoms. The Morgan fingerprint density at radius 1 is 1.70 bits per heavy atom. The molecule has 0 fully saturated rings. The van der Waals surface area contributed by atoms with Crippen molar-refractivity contribution in [2.24, 2.45) is 0 Å². The summed E-state index contributed by atoms with van der Waals surface area (Å²) in [6.45, 7) is 0. The highest BCUT2D eigenvalue weighted by molar-refractivity contribution is 8.02. The van der Waals surface area contributed by atoms with E-state index in [0.717, 1.165) is 10.0 Å². The fourth-order valence-electron chi connectivity index (χ4n) is 0.720.